The van der Waals surface area contributed by atoms with Crippen molar-refractivity contribution in [2.24, 2.45) is 0 Å². The Morgan fingerprint density at radius 2 is 1.75 bits per heavy atom. The molecule has 2 amide bonds. The molecular formula is C13H21F3N2O5Si. The molecule has 0 aromatic rings. The quantitative estimate of drug-likeness (QED) is 0.746. The summed E-state index contributed by atoms with van der Waals surface area (Å²) in [4.78, 5) is 24.6. The number of carboxylic acid groups (broad SMARTS) is 2. The highest BCUT2D eigenvalue weighted by molar-refractivity contribution is 6.69. The van der Waals surface area contributed by atoms with Crippen LogP contribution in [-0.2, 0) is 4.43 Å². The van der Waals surface area contributed by atoms with Gasteiger partial charge in [0.25, 0.3) is 0 Å². The summed E-state index contributed by atoms with van der Waals surface area (Å²) in [6, 6.07) is -3.26. The van der Waals surface area contributed by atoms with Gasteiger partial charge in [-0.05, 0) is 32.5 Å². The van der Waals surface area contributed by atoms with Crippen LogP contribution in [0.15, 0.2) is 0 Å². The van der Waals surface area contributed by atoms with Gasteiger partial charge >= 0.3 is 18.4 Å². The van der Waals surface area contributed by atoms with E-state index in [4.69, 9.17) is 4.43 Å². The number of hydrogen-bond acceptors (Lipinski definition) is 3. The Morgan fingerprint density at radius 3 is 2.17 bits per heavy atom. The summed E-state index contributed by atoms with van der Waals surface area (Å²) in [7, 11) is -2.66. The number of fused-ring (bicyclic) bond motifs is 2. The summed E-state index contributed by atoms with van der Waals surface area (Å²) in [6.07, 6.45) is -9.42. The molecule has 24 heavy (non-hydrogen) atoms. The zero-order valence-electron chi connectivity index (χ0n) is 13.6. The van der Waals surface area contributed by atoms with E-state index in [1.165, 1.54) is 0 Å². The van der Waals surface area contributed by atoms with Crippen LogP contribution in [0.3, 0.4) is 0 Å². The van der Waals surface area contributed by atoms with Crippen LogP contribution in [0.1, 0.15) is 12.8 Å². The van der Waals surface area contributed by atoms with Gasteiger partial charge in [-0.25, -0.2) is 9.59 Å². The molecular weight excluding hydrogens is 349 g/mol. The van der Waals surface area contributed by atoms with Crippen LogP contribution in [0.2, 0.25) is 19.6 Å². The van der Waals surface area contributed by atoms with Gasteiger partial charge < -0.3 is 14.6 Å². The molecule has 2 N–H and O–H groups in total. The van der Waals surface area contributed by atoms with E-state index in [9.17, 15) is 33.0 Å². The number of carbonyl (C=O) groups is 2. The van der Waals surface area contributed by atoms with Gasteiger partial charge in [-0.3, -0.25) is 9.80 Å². The van der Waals surface area contributed by atoms with E-state index >= 15 is 0 Å². The van der Waals surface area contributed by atoms with E-state index in [2.05, 4.69) is 0 Å². The van der Waals surface area contributed by atoms with Crippen LogP contribution in [-0.4, -0.2) is 77.5 Å². The first-order valence-electron chi connectivity index (χ1n) is 7.58. The molecule has 0 radical (unpaired) electrons. The van der Waals surface area contributed by atoms with Gasteiger partial charge in [-0.15, -0.1) is 0 Å². The minimum absolute atomic E-state index is 0.188. The molecule has 0 aromatic carbocycles. The van der Waals surface area contributed by atoms with E-state index in [-0.39, 0.29) is 13.0 Å². The molecule has 2 aliphatic rings. The molecule has 0 aliphatic carbocycles. The normalized spacial score (nSPS) is 28.8. The molecule has 7 nitrogen and oxygen atoms in total. The molecule has 2 fully saturated rings. The highest BCUT2D eigenvalue weighted by Gasteiger charge is 2.59. The first-order valence-corrected chi connectivity index (χ1v) is 11.0. The second-order valence-corrected chi connectivity index (χ2v) is 11.6. The lowest BCUT2D eigenvalue weighted by Gasteiger charge is -2.48. The number of halogens is 3. The van der Waals surface area contributed by atoms with E-state index in [1.807, 2.05) is 0 Å². The Kier molecular flexibility index (Phi) is 4.79. The Labute approximate surface area is 138 Å². The zero-order valence-corrected chi connectivity index (χ0v) is 14.6. The van der Waals surface area contributed by atoms with E-state index in [0.717, 1.165) is 4.90 Å². The highest BCUT2D eigenvalue weighted by atomic mass is 28.4. The summed E-state index contributed by atoms with van der Waals surface area (Å²) in [5.41, 5.74) is 0. The van der Waals surface area contributed by atoms with Crippen molar-refractivity contribution in [3.8, 4) is 0 Å². The Balaban J connectivity index is 2.46. The van der Waals surface area contributed by atoms with Crippen molar-refractivity contribution >= 4 is 20.5 Å². The van der Waals surface area contributed by atoms with Gasteiger partial charge in [0.2, 0.25) is 0 Å². The average Bonchev–Trinajstić information content (AvgIpc) is 2.69. The molecule has 4 atom stereocenters. The molecule has 2 heterocycles. The number of likely N-dealkylation sites (tertiary alicyclic amines) is 1. The minimum Gasteiger partial charge on any atom is -0.465 e. The predicted octanol–water partition coefficient (Wildman–Crippen LogP) is 2.64. The van der Waals surface area contributed by atoms with Crippen molar-refractivity contribution in [1.82, 2.24) is 9.80 Å². The summed E-state index contributed by atoms with van der Waals surface area (Å²) in [6.45, 7) is 4.45. The van der Waals surface area contributed by atoms with Crippen molar-refractivity contribution in [2.75, 3.05) is 6.54 Å². The third-order valence-corrected chi connectivity index (χ3v) is 5.25. The van der Waals surface area contributed by atoms with Crippen molar-refractivity contribution in [1.29, 1.82) is 0 Å². The fourth-order valence-corrected chi connectivity index (χ4v) is 4.60. The number of hydrogen-bond donors (Lipinski definition) is 2. The van der Waals surface area contributed by atoms with Crippen LogP contribution < -0.4 is 0 Å². The number of alkyl halides is 3. The molecule has 2 bridgehead atoms. The molecule has 11 heteroatoms. The summed E-state index contributed by atoms with van der Waals surface area (Å²) < 4.78 is 46.2. The maximum absolute atomic E-state index is 13.6. The Hall–Kier alpha value is -1.49. The summed E-state index contributed by atoms with van der Waals surface area (Å²) in [5.74, 6) is 0. The third kappa shape index (κ3) is 3.61. The lowest BCUT2D eigenvalue weighted by atomic mass is 9.97. The SMILES string of the molecule is C[Si](C)(C)OC([C@H]1[C@H]2CC[C@@H](CN1C(=O)O)N2C(=O)O)C(F)(F)F. The smallest absolute Gasteiger partial charge is 0.415 e. The average molecular weight is 370 g/mol. The molecule has 2 aliphatic heterocycles. The second-order valence-electron chi connectivity index (χ2n) is 7.11. The van der Waals surface area contributed by atoms with E-state index in [0.29, 0.717) is 11.3 Å². The van der Waals surface area contributed by atoms with Crippen LogP contribution in [0, 0.1) is 0 Å². The standard InChI is InChI=1S/C13H21F3N2O5Si/c1-24(2,3)23-10(13(14,15)16)9-8-5-4-7(18(8)12(21)22)6-17(9)11(19)20/h7-10H,4-6H2,1-3H3,(H,19,20)(H,21,22)/t7-,8+,9+,10?/m0/s1. The Bertz CT molecular complexity index is 525. The molecule has 0 aromatic heterocycles. The summed E-state index contributed by atoms with van der Waals surface area (Å²) >= 11 is 0. The Morgan fingerprint density at radius 1 is 1.17 bits per heavy atom. The second kappa shape index (κ2) is 6.10. The molecule has 2 saturated heterocycles. The van der Waals surface area contributed by atoms with Crippen LogP contribution in [0.25, 0.3) is 0 Å². The van der Waals surface area contributed by atoms with Crippen LogP contribution >= 0.6 is 0 Å². The van der Waals surface area contributed by atoms with Gasteiger partial charge in [0.15, 0.2) is 14.4 Å². The van der Waals surface area contributed by atoms with Gasteiger partial charge in [0.1, 0.15) is 0 Å². The van der Waals surface area contributed by atoms with Crippen molar-refractivity contribution in [2.45, 2.75) is 62.9 Å². The third-order valence-electron chi connectivity index (χ3n) is 4.29. The largest absolute Gasteiger partial charge is 0.465 e. The van der Waals surface area contributed by atoms with E-state index < -0.39 is 50.9 Å². The van der Waals surface area contributed by atoms with Crippen LogP contribution in [0.4, 0.5) is 22.8 Å². The highest BCUT2D eigenvalue weighted by Crippen LogP contribution is 2.41. The zero-order chi connectivity index (χ0) is 18.4. The summed E-state index contributed by atoms with van der Waals surface area (Å²) in [5, 5.41) is 18.7. The molecule has 138 valence electrons. The van der Waals surface area contributed by atoms with E-state index in [1.54, 1.807) is 19.6 Å². The molecule has 2 rings (SSSR count). The fraction of sp³-hybridized carbons (Fsp3) is 0.846. The minimum atomic E-state index is -4.79. The van der Waals surface area contributed by atoms with Crippen molar-refractivity contribution < 1.29 is 37.4 Å². The number of rotatable bonds is 3. The predicted molar refractivity (Wildman–Crippen MR) is 79.5 cm³/mol. The maximum Gasteiger partial charge on any atom is 0.415 e. The molecule has 1 unspecified atom stereocenters. The van der Waals surface area contributed by atoms with Gasteiger partial charge in [0.05, 0.1) is 18.1 Å². The van der Waals surface area contributed by atoms with Gasteiger partial charge in [0, 0.05) is 6.54 Å². The molecule has 0 saturated carbocycles. The molecule has 0 spiro atoms. The number of nitrogens with zero attached hydrogens (tertiary/aromatic N) is 2. The topological polar surface area (TPSA) is 90.3 Å². The van der Waals surface area contributed by atoms with Crippen LogP contribution in [0.5, 0.6) is 0 Å². The number of amides is 2. The first kappa shape index (κ1) is 18.8. The lowest BCUT2D eigenvalue weighted by molar-refractivity contribution is -0.221. The lowest BCUT2D eigenvalue weighted by Crippen LogP contribution is -2.68. The fourth-order valence-electron chi connectivity index (χ4n) is 3.56. The van der Waals surface area contributed by atoms with Gasteiger partial charge in [-0.2, -0.15) is 13.2 Å². The van der Waals surface area contributed by atoms with Crippen molar-refractivity contribution in [3.63, 3.8) is 0 Å². The monoisotopic (exact) mass is 370 g/mol. The van der Waals surface area contributed by atoms with Gasteiger partial charge in [-0.1, -0.05) is 0 Å². The van der Waals surface area contributed by atoms with Crippen molar-refractivity contribution in [3.05, 3.63) is 0 Å². The maximum atomic E-state index is 13.6. The first-order chi connectivity index (χ1) is 10.8. The number of piperazine rings is 1.